The standard InChI is InChI=1S/C13H23N5O2/c1-2-5-14-8-12-9-18(17-16-12)10-13(19)15-11-3-6-20-7-4-11/h9,11,14H,2-8,10H2,1H3,(H,15,19). The molecule has 2 heterocycles. The van der Waals surface area contributed by atoms with Crippen molar-refractivity contribution in [3.63, 3.8) is 0 Å². The molecule has 1 aromatic rings. The maximum absolute atomic E-state index is 11.9. The van der Waals surface area contributed by atoms with Gasteiger partial charge in [-0.25, -0.2) is 4.68 Å². The van der Waals surface area contributed by atoms with Gasteiger partial charge in [0.25, 0.3) is 0 Å². The molecule has 0 aromatic carbocycles. The first kappa shape index (κ1) is 14.9. The van der Waals surface area contributed by atoms with E-state index in [-0.39, 0.29) is 18.5 Å². The summed E-state index contributed by atoms with van der Waals surface area (Å²) in [6.45, 7) is 5.43. The molecule has 112 valence electrons. The first-order valence-corrected chi connectivity index (χ1v) is 7.24. The average Bonchev–Trinajstić information content (AvgIpc) is 2.87. The Balaban J connectivity index is 1.73. The van der Waals surface area contributed by atoms with E-state index in [9.17, 15) is 4.79 Å². The molecular weight excluding hydrogens is 258 g/mol. The SMILES string of the molecule is CCCNCc1cn(CC(=O)NC2CCOCC2)nn1. The van der Waals surface area contributed by atoms with Gasteiger partial charge in [-0.15, -0.1) is 5.10 Å². The largest absolute Gasteiger partial charge is 0.381 e. The highest BCUT2D eigenvalue weighted by Crippen LogP contribution is 2.06. The van der Waals surface area contributed by atoms with Gasteiger partial charge >= 0.3 is 0 Å². The van der Waals surface area contributed by atoms with Crippen LogP contribution in [-0.2, 0) is 22.6 Å². The lowest BCUT2D eigenvalue weighted by molar-refractivity contribution is -0.123. The third-order valence-electron chi connectivity index (χ3n) is 3.21. The van der Waals surface area contributed by atoms with Crippen LogP contribution < -0.4 is 10.6 Å². The number of amides is 1. The molecule has 7 heteroatoms. The molecule has 0 radical (unpaired) electrons. The zero-order valence-electron chi connectivity index (χ0n) is 12.0. The minimum Gasteiger partial charge on any atom is -0.381 e. The van der Waals surface area contributed by atoms with E-state index in [4.69, 9.17) is 4.74 Å². The Morgan fingerprint density at radius 3 is 3.05 bits per heavy atom. The van der Waals surface area contributed by atoms with Gasteiger partial charge in [-0.2, -0.15) is 0 Å². The van der Waals surface area contributed by atoms with Crippen molar-refractivity contribution < 1.29 is 9.53 Å². The van der Waals surface area contributed by atoms with Crippen LogP contribution in [0.1, 0.15) is 31.9 Å². The van der Waals surface area contributed by atoms with E-state index in [1.54, 1.807) is 4.68 Å². The minimum atomic E-state index is -0.0186. The molecule has 2 rings (SSSR count). The molecule has 1 aliphatic heterocycles. The van der Waals surface area contributed by atoms with Crippen LogP contribution in [0.15, 0.2) is 6.20 Å². The average molecular weight is 281 g/mol. The van der Waals surface area contributed by atoms with Crippen LogP contribution in [-0.4, -0.2) is 46.7 Å². The molecule has 20 heavy (non-hydrogen) atoms. The molecule has 0 atom stereocenters. The Morgan fingerprint density at radius 1 is 1.50 bits per heavy atom. The third-order valence-corrected chi connectivity index (χ3v) is 3.21. The highest BCUT2D eigenvalue weighted by molar-refractivity contribution is 5.75. The summed E-state index contributed by atoms with van der Waals surface area (Å²) >= 11 is 0. The second kappa shape index (κ2) is 7.96. The summed E-state index contributed by atoms with van der Waals surface area (Å²) < 4.78 is 6.84. The van der Waals surface area contributed by atoms with Gasteiger partial charge in [-0.3, -0.25) is 4.79 Å². The smallest absolute Gasteiger partial charge is 0.242 e. The van der Waals surface area contributed by atoms with E-state index in [1.807, 2.05) is 6.20 Å². The van der Waals surface area contributed by atoms with Gasteiger partial charge in [0.1, 0.15) is 6.54 Å². The number of aromatic nitrogens is 3. The fourth-order valence-electron chi connectivity index (χ4n) is 2.15. The predicted octanol–water partition coefficient (Wildman–Crippen LogP) is 0.0729. The lowest BCUT2D eigenvalue weighted by Crippen LogP contribution is -2.40. The first-order valence-electron chi connectivity index (χ1n) is 7.24. The topological polar surface area (TPSA) is 81.1 Å². The molecule has 1 aromatic heterocycles. The van der Waals surface area contributed by atoms with E-state index in [0.29, 0.717) is 6.54 Å². The lowest BCUT2D eigenvalue weighted by Gasteiger charge is -2.22. The van der Waals surface area contributed by atoms with Gasteiger partial charge < -0.3 is 15.4 Å². The van der Waals surface area contributed by atoms with Gasteiger partial charge in [0.05, 0.1) is 11.9 Å². The number of rotatable bonds is 7. The number of ether oxygens (including phenoxy) is 1. The fourth-order valence-corrected chi connectivity index (χ4v) is 2.15. The van der Waals surface area contributed by atoms with Gasteiger partial charge in [0, 0.05) is 25.8 Å². The number of nitrogens with zero attached hydrogens (tertiary/aromatic N) is 3. The summed E-state index contributed by atoms with van der Waals surface area (Å²) in [5, 5.41) is 14.3. The second-order valence-corrected chi connectivity index (χ2v) is 5.04. The maximum atomic E-state index is 11.9. The van der Waals surface area contributed by atoms with Crippen molar-refractivity contribution in [2.45, 2.75) is 45.3 Å². The number of carbonyl (C=O) groups excluding carboxylic acids is 1. The molecule has 0 spiro atoms. The van der Waals surface area contributed by atoms with Crippen molar-refractivity contribution >= 4 is 5.91 Å². The van der Waals surface area contributed by atoms with Crippen LogP contribution in [0.2, 0.25) is 0 Å². The first-order chi connectivity index (χ1) is 9.78. The number of carbonyl (C=O) groups is 1. The van der Waals surface area contributed by atoms with Crippen molar-refractivity contribution in [2.24, 2.45) is 0 Å². The zero-order valence-corrected chi connectivity index (χ0v) is 12.0. The summed E-state index contributed by atoms with van der Waals surface area (Å²) in [4.78, 5) is 11.9. The number of hydrogen-bond acceptors (Lipinski definition) is 5. The summed E-state index contributed by atoms with van der Waals surface area (Å²) in [6.07, 6.45) is 4.67. The predicted molar refractivity (Wildman–Crippen MR) is 74.0 cm³/mol. The molecule has 1 saturated heterocycles. The quantitative estimate of drug-likeness (QED) is 0.691. The Kier molecular flexibility index (Phi) is 5.94. The molecule has 0 saturated carbocycles. The lowest BCUT2D eigenvalue weighted by atomic mass is 10.1. The Bertz CT molecular complexity index is 415. The van der Waals surface area contributed by atoms with Gasteiger partial charge in [-0.05, 0) is 25.8 Å². The fraction of sp³-hybridized carbons (Fsp3) is 0.769. The molecule has 0 aliphatic carbocycles. The van der Waals surface area contributed by atoms with Gasteiger partial charge in [-0.1, -0.05) is 12.1 Å². The van der Waals surface area contributed by atoms with Crippen LogP contribution in [0.4, 0.5) is 0 Å². The van der Waals surface area contributed by atoms with E-state index in [2.05, 4.69) is 27.9 Å². The van der Waals surface area contributed by atoms with Crippen LogP contribution in [0.25, 0.3) is 0 Å². The van der Waals surface area contributed by atoms with E-state index in [0.717, 1.165) is 44.7 Å². The molecule has 1 fully saturated rings. The zero-order chi connectivity index (χ0) is 14.2. The number of hydrogen-bond donors (Lipinski definition) is 2. The monoisotopic (exact) mass is 281 g/mol. The van der Waals surface area contributed by atoms with Crippen molar-refractivity contribution in [3.05, 3.63) is 11.9 Å². The summed E-state index contributed by atoms with van der Waals surface area (Å²) in [5.41, 5.74) is 0.859. The Labute approximate surface area is 119 Å². The Hall–Kier alpha value is -1.47. The van der Waals surface area contributed by atoms with Crippen LogP contribution in [0.3, 0.4) is 0 Å². The maximum Gasteiger partial charge on any atom is 0.242 e. The third kappa shape index (κ3) is 4.90. The van der Waals surface area contributed by atoms with E-state index in [1.165, 1.54) is 0 Å². The molecular formula is C13H23N5O2. The summed E-state index contributed by atoms with van der Waals surface area (Å²) in [7, 11) is 0. The van der Waals surface area contributed by atoms with Crippen LogP contribution in [0, 0.1) is 0 Å². The van der Waals surface area contributed by atoms with E-state index >= 15 is 0 Å². The molecule has 1 amide bonds. The molecule has 0 bridgehead atoms. The summed E-state index contributed by atoms with van der Waals surface area (Å²) in [5.74, 6) is -0.0186. The van der Waals surface area contributed by atoms with Crippen LogP contribution >= 0.6 is 0 Å². The van der Waals surface area contributed by atoms with Crippen molar-refractivity contribution in [2.75, 3.05) is 19.8 Å². The summed E-state index contributed by atoms with van der Waals surface area (Å²) in [6, 6.07) is 0.227. The van der Waals surface area contributed by atoms with Crippen molar-refractivity contribution in [1.82, 2.24) is 25.6 Å². The second-order valence-electron chi connectivity index (χ2n) is 5.04. The Morgan fingerprint density at radius 2 is 2.30 bits per heavy atom. The normalized spacial score (nSPS) is 16.2. The highest BCUT2D eigenvalue weighted by Gasteiger charge is 2.16. The van der Waals surface area contributed by atoms with E-state index < -0.39 is 0 Å². The molecule has 1 aliphatic rings. The van der Waals surface area contributed by atoms with Crippen LogP contribution in [0.5, 0.6) is 0 Å². The minimum absolute atomic E-state index is 0.0186. The highest BCUT2D eigenvalue weighted by atomic mass is 16.5. The number of nitrogens with one attached hydrogen (secondary N) is 2. The molecule has 0 unspecified atom stereocenters. The van der Waals surface area contributed by atoms with Gasteiger partial charge in [0.15, 0.2) is 0 Å². The van der Waals surface area contributed by atoms with Crippen molar-refractivity contribution in [1.29, 1.82) is 0 Å². The molecule has 2 N–H and O–H groups in total. The molecule has 7 nitrogen and oxygen atoms in total. The van der Waals surface area contributed by atoms with Gasteiger partial charge in [0.2, 0.25) is 5.91 Å². The van der Waals surface area contributed by atoms with Crippen molar-refractivity contribution in [3.8, 4) is 0 Å².